The van der Waals surface area contributed by atoms with Crippen LogP contribution in [0.5, 0.6) is 0 Å². The third kappa shape index (κ3) is 5.93. The van der Waals surface area contributed by atoms with Gasteiger partial charge in [0.15, 0.2) is 0 Å². The highest BCUT2D eigenvalue weighted by Gasteiger charge is 2.30. The molecule has 22 heavy (non-hydrogen) atoms. The summed E-state index contributed by atoms with van der Waals surface area (Å²) in [7, 11) is 1.61. The van der Waals surface area contributed by atoms with Crippen molar-refractivity contribution in [3.05, 3.63) is 35.4 Å². The van der Waals surface area contributed by atoms with E-state index in [9.17, 15) is 18.0 Å². The van der Waals surface area contributed by atoms with Gasteiger partial charge in [0.2, 0.25) is 0 Å². The van der Waals surface area contributed by atoms with Crippen LogP contribution in [-0.4, -0.2) is 37.2 Å². The number of likely N-dealkylation sites (N-methyl/N-ethyl adjacent to an activating group) is 1. The van der Waals surface area contributed by atoms with Crippen molar-refractivity contribution >= 4 is 6.03 Å². The fraction of sp³-hybridized carbons (Fsp3) is 0.533. The number of benzene rings is 1. The summed E-state index contributed by atoms with van der Waals surface area (Å²) < 4.78 is 43.1. The lowest BCUT2D eigenvalue weighted by atomic mass is 10.1. The molecular formula is C15H21F3N2O2. The minimum Gasteiger partial charge on any atom is -0.377 e. The topological polar surface area (TPSA) is 41.6 Å². The van der Waals surface area contributed by atoms with E-state index < -0.39 is 11.7 Å². The van der Waals surface area contributed by atoms with Crippen LogP contribution in [0.2, 0.25) is 0 Å². The third-order valence-electron chi connectivity index (χ3n) is 3.03. The molecule has 1 atom stereocenters. The Kier molecular flexibility index (Phi) is 6.67. The molecule has 2 amide bonds. The fourth-order valence-electron chi connectivity index (χ4n) is 1.98. The number of rotatable bonds is 6. The highest BCUT2D eigenvalue weighted by molar-refractivity contribution is 5.73. The van der Waals surface area contributed by atoms with E-state index in [1.54, 1.807) is 13.1 Å². The number of urea groups is 1. The normalized spacial score (nSPS) is 12.8. The van der Waals surface area contributed by atoms with Gasteiger partial charge < -0.3 is 15.0 Å². The first-order valence-electron chi connectivity index (χ1n) is 7.00. The zero-order chi connectivity index (χ0) is 16.8. The Hall–Kier alpha value is -1.76. The fourth-order valence-corrected chi connectivity index (χ4v) is 1.98. The summed E-state index contributed by atoms with van der Waals surface area (Å²) in [6, 6.07) is 4.54. The first-order chi connectivity index (χ1) is 10.2. The molecule has 4 nitrogen and oxygen atoms in total. The molecule has 7 heteroatoms. The van der Waals surface area contributed by atoms with Gasteiger partial charge in [-0.2, -0.15) is 13.2 Å². The van der Waals surface area contributed by atoms with E-state index >= 15 is 0 Å². The summed E-state index contributed by atoms with van der Waals surface area (Å²) in [6.45, 7) is 4.71. The highest BCUT2D eigenvalue weighted by atomic mass is 19.4. The van der Waals surface area contributed by atoms with Crippen molar-refractivity contribution in [1.29, 1.82) is 0 Å². The monoisotopic (exact) mass is 318 g/mol. The summed E-state index contributed by atoms with van der Waals surface area (Å²) in [5, 5.41) is 2.59. The lowest BCUT2D eigenvalue weighted by Gasteiger charge is -2.22. The molecule has 0 aliphatic rings. The van der Waals surface area contributed by atoms with Crippen molar-refractivity contribution in [2.45, 2.75) is 32.7 Å². The number of alkyl halides is 3. The molecule has 1 aromatic carbocycles. The average Bonchev–Trinajstić information content (AvgIpc) is 2.44. The van der Waals surface area contributed by atoms with Crippen LogP contribution >= 0.6 is 0 Å². The predicted molar refractivity (Wildman–Crippen MR) is 77.4 cm³/mol. The zero-order valence-corrected chi connectivity index (χ0v) is 12.9. The van der Waals surface area contributed by atoms with Crippen LogP contribution in [0, 0.1) is 0 Å². The second kappa shape index (κ2) is 8.03. The van der Waals surface area contributed by atoms with E-state index in [4.69, 9.17) is 4.74 Å². The molecule has 0 radical (unpaired) electrons. The molecule has 0 aromatic heterocycles. The van der Waals surface area contributed by atoms with Crippen LogP contribution in [0.1, 0.15) is 25.0 Å². The van der Waals surface area contributed by atoms with Crippen LogP contribution in [0.15, 0.2) is 24.3 Å². The van der Waals surface area contributed by atoms with E-state index in [1.165, 1.54) is 11.0 Å². The zero-order valence-electron chi connectivity index (χ0n) is 12.9. The molecule has 1 aromatic rings. The van der Waals surface area contributed by atoms with Crippen molar-refractivity contribution in [2.24, 2.45) is 0 Å². The Morgan fingerprint density at radius 1 is 1.41 bits per heavy atom. The van der Waals surface area contributed by atoms with Gasteiger partial charge in [0.1, 0.15) is 0 Å². The van der Waals surface area contributed by atoms with E-state index in [2.05, 4.69) is 5.32 Å². The van der Waals surface area contributed by atoms with Gasteiger partial charge in [0.25, 0.3) is 0 Å². The smallest absolute Gasteiger partial charge is 0.377 e. The molecule has 0 fully saturated rings. The third-order valence-corrected chi connectivity index (χ3v) is 3.03. The van der Waals surface area contributed by atoms with Crippen molar-refractivity contribution in [3.63, 3.8) is 0 Å². The van der Waals surface area contributed by atoms with Crippen LogP contribution in [0.3, 0.4) is 0 Å². The maximum absolute atomic E-state index is 12.6. The molecule has 0 saturated carbocycles. The Morgan fingerprint density at radius 3 is 2.68 bits per heavy atom. The first kappa shape index (κ1) is 18.3. The highest BCUT2D eigenvalue weighted by Crippen LogP contribution is 2.29. The summed E-state index contributed by atoms with van der Waals surface area (Å²) in [5.41, 5.74) is -0.327. The molecule has 1 N–H and O–H groups in total. The molecule has 0 saturated heterocycles. The summed E-state index contributed by atoms with van der Waals surface area (Å²) >= 11 is 0. The minimum absolute atomic E-state index is 0.0378. The number of halogens is 3. The Morgan fingerprint density at radius 2 is 2.09 bits per heavy atom. The lowest BCUT2D eigenvalue weighted by molar-refractivity contribution is -0.137. The first-order valence-corrected chi connectivity index (χ1v) is 7.00. The molecule has 0 spiro atoms. The van der Waals surface area contributed by atoms with Gasteiger partial charge in [-0.05, 0) is 31.5 Å². The van der Waals surface area contributed by atoms with E-state index in [-0.39, 0.29) is 18.7 Å². The number of hydrogen-bond donors (Lipinski definition) is 1. The summed E-state index contributed by atoms with van der Waals surface area (Å²) in [5.74, 6) is 0. The van der Waals surface area contributed by atoms with Crippen LogP contribution in [-0.2, 0) is 17.5 Å². The molecule has 0 heterocycles. The number of carbonyl (C=O) groups is 1. The van der Waals surface area contributed by atoms with Crippen LogP contribution in [0.4, 0.5) is 18.0 Å². The predicted octanol–water partition coefficient (Wildman–Crippen LogP) is 3.27. The standard InChI is InChI=1S/C15H21F3N2O2/c1-4-22-11(2)10-20(3)14(21)19-9-12-6-5-7-13(8-12)15(16,17)18/h5-8,11H,4,9-10H2,1-3H3,(H,19,21)/t11-/m0/s1. The van der Waals surface area contributed by atoms with Gasteiger partial charge in [-0.25, -0.2) is 4.79 Å². The van der Waals surface area contributed by atoms with E-state index in [0.717, 1.165) is 12.1 Å². The number of carbonyl (C=O) groups excluding carboxylic acids is 1. The van der Waals surface area contributed by atoms with Gasteiger partial charge in [-0.15, -0.1) is 0 Å². The average molecular weight is 318 g/mol. The van der Waals surface area contributed by atoms with E-state index in [0.29, 0.717) is 18.7 Å². The van der Waals surface area contributed by atoms with E-state index in [1.807, 2.05) is 13.8 Å². The van der Waals surface area contributed by atoms with Crippen LogP contribution < -0.4 is 5.32 Å². The second-order valence-electron chi connectivity index (χ2n) is 5.00. The summed E-state index contributed by atoms with van der Waals surface area (Å²) in [4.78, 5) is 13.3. The second-order valence-corrected chi connectivity index (χ2v) is 5.00. The van der Waals surface area contributed by atoms with Crippen molar-refractivity contribution < 1.29 is 22.7 Å². The minimum atomic E-state index is -4.39. The van der Waals surface area contributed by atoms with Crippen LogP contribution in [0.25, 0.3) is 0 Å². The molecule has 1 rings (SSSR count). The Labute approximate surface area is 128 Å². The van der Waals surface area contributed by atoms with Crippen molar-refractivity contribution in [3.8, 4) is 0 Å². The molecule has 0 bridgehead atoms. The lowest BCUT2D eigenvalue weighted by Crippen LogP contribution is -2.41. The Balaban J connectivity index is 2.53. The molecule has 0 aliphatic carbocycles. The molecular weight excluding hydrogens is 297 g/mol. The van der Waals surface area contributed by atoms with Gasteiger partial charge in [-0.3, -0.25) is 0 Å². The molecule has 0 unspecified atom stereocenters. The largest absolute Gasteiger partial charge is 0.416 e. The number of hydrogen-bond acceptors (Lipinski definition) is 2. The van der Waals surface area contributed by atoms with Crippen molar-refractivity contribution in [2.75, 3.05) is 20.2 Å². The number of nitrogens with one attached hydrogen (secondary N) is 1. The van der Waals surface area contributed by atoms with Gasteiger partial charge >= 0.3 is 12.2 Å². The maximum atomic E-state index is 12.6. The molecule has 0 aliphatic heterocycles. The maximum Gasteiger partial charge on any atom is 0.416 e. The number of ether oxygens (including phenoxy) is 1. The quantitative estimate of drug-likeness (QED) is 0.874. The van der Waals surface area contributed by atoms with Crippen molar-refractivity contribution in [1.82, 2.24) is 10.2 Å². The van der Waals surface area contributed by atoms with Gasteiger partial charge in [0.05, 0.1) is 11.7 Å². The summed E-state index contributed by atoms with van der Waals surface area (Å²) in [6.07, 6.45) is -4.49. The number of nitrogens with zero attached hydrogens (tertiary/aromatic N) is 1. The van der Waals surface area contributed by atoms with Gasteiger partial charge in [-0.1, -0.05) is 12.1 Å². The van der Waals surface area contributed by atoms with Gasteiger partial charge in [0, 0.05) is 26.7 Å². The molecule has 124 valence electrons. The Bertz CT molecular complexity index is 492. The SMILES string of the molecule is CCO[C@@H](C)CN(C)C(=O)NCc1cccc(C(F)(F)F)c1. The number of amides is 2.